The maximum absolute atomic E-state index is 9.64. The monoisotopic (exact) mass is 405 g/mol. The standard InChI is InChI=1S/C25H31N3O2/c1-19-14-20(6-8-25(19)30-2)17-28-12-11-27(18-23(28)9-13-29)16-21-5-7-24-22(15-21)4-3-10-26-24/h3-8,10,14-15,23,29H,9,11-13,16-18H2,1-2H3. The molecular weight excluding hydrogens is 374 g/mol. The zero-order valence-corrected chi connectivity index (χ0v) is 17.9. The van der Waals surface area contributed by atoms with Gasteiger partial charge in [0, 0.05) is 57.0 Å². The van der Waals surface area contributed by atoms with Gasteiger partial charge < -0.3 is 9.84 Å². The molecule has 5 nitrogen and oxygen atoms in total. The molecule has 0 amide bonds. The number of methoxy groups -OCH3 is 1. The van der Waals surface area contributed by atoms with Crippen LogP contribution in [0.15, 0.2) is 54.7 Å². The third kappa shape index (κ3) is 4.81. The van der Waals surface area contributed by atoms with Crippen molar-refractivity contribution in [2.45, 2.75) is 32.5 Å². The van der Waals surface area contributed by atoms with Gasteiger partial charge >= 0.3 is 0 Å². The Hall–Kier alpha value is -2.47. The number of nitrogens with zero attached hydrogens (tertiary/aromatic N) is 3. The summed E-state index contributed by atoms with van der Waals surface area (Å²) in [6.45, 7) is 7.16. The molecule has 1 aliphatic heterocycles. The number of hydrogen-bond acceptors (Lipinski definition) is 5. The maximum Gasteiger partial charge on any atom is 0.121 e. The van der Waals surface area contributed by atoms with E-state index in [0.29, 0.717) is 6.04 Å². The number of aryl methyl sites for hydroxylation is 1. The molecule has 158 valence electrons. The van der Waals surface area contributed by atoms with Crippen LogP contribution in [0.4, 0.5) is 0 Å². The fourth-order valence-electron chi connectivity index (χ4n) is 4.49. The van der Waals surface area contributed by atoms with Crippen molar-refractivity contribution in [3.05, 3.63) is 71.4 Å². The highest BCUT2D eigenvalue weighted by atomic mass is 16.5. The number of aliphatic hydroxyl groups excluding tert-OH is 1. The van der Waals surface area contributed by atoms with E-state index in [2.05, 4.69) is 64.2 Å². The number of pyridine rings is 1. The number of hydrogen-bond donors (Lipinski definition) is 1. The Kier molecular flexibility index (Phi) is 6.62. The number of piperazine rings is 1. The van der Waals surface area contributed by atoms with Crippen LogP contribution in [0, 0.1) is 6.92 Å². The van der Waals surface area contributed by atoms with E-state index in [1.54, 1.807) is 7.11 Å². The van der Waals surface area contributed by atoms with Crippen molar-refractivity contribution in [2.75, 3.05) is 33.4 Å². The zero-order chi connectivity index (χ0) is 20.9. The average Bonchev–Trinajstić information content (AvgIpc) is 2.76. The first kappa shape index (κ1) is 20.8. The van der Waals surface area contributed by atoms with Gasteiger partial charge in [-0.3, -0.25) is 14.8 Å². The minimum Gasteiger partial charge on any atom is -0.496 e. The van der Waals surface area contributed by atoms with Gasteiger partial charge in [0.2, 0.25) is 0 Å². The highest BCUT2D eigenvalue weighted by Crippen LogP contribution is 2.23. The van der Waals surface area contributed by atoms with E-state index < -0.39 is 0 Å². The van der Waals surface area contributed by atoms with Gasteiger partial charge in [-0.15, -0.1) is 0 Å². The van der Waals surface area contributed by atoms with Gasteiger partial charge in [-0.1, -0.05) is 24.3 Å². The van der Waals surface area contributed by atoms with Gasteiger partial charge in [0.15, 0.2) is 0 Å². The Bertz CT molecular complexity index is 991. The third-order valence-electron chi connectivity index (χ3n) is 6.07. The van der Waals surface area contributed by atoms with Crippen LogP contribution in [-0.2, 0) is 13.1 Å². The molecule has 0 radical (unpaired) electrons. The number of rotatable bonds is 7. The van der Waals surface area contributed by atoms with Crippen LogP contribution in [0.5, 0.6) is 5.75 Å². The van der Waals surface area contributed by atoms with Crippen molar-refractivity contribution in [1.82, 2.24) is 14.8 Å². The highest BCUT2D eigenvalue weighted by molar-refractivity contribution is 5.78. The largest absolute Gasteiger partial charge is 0.496 e. The van der Waals surface area contributed by atoms with Crippen molar-refractivity contribution in [3.8, 4) is 5.75 Å². The summed E-state index contributed by atoms with van der Waals surface area (Å²) in [7, 11) is 1.71. The Morgan fingerprint density at radius 1 is 1.07 bits per heavy atom. The summed E-state index contributed by atoms with van der Waals surface area (Å²) in [6.07, 6.45) is 2.64. The molecule has 0 spiro atoms. The quantitative estimate of drug-likeness (QED) is 0.651. The molecule has 1 aromatic heterocycles. The van der Waals surface area contributed by atoms with Crippen molar-refractivity contribution >= 4 is 10.9 Å². The van der Waals surface area contributed by atoms with E-state index in [4.69, 9.17) is 4.74 Å². The van der Waals surface area contributed by atoms with E-state index in [1.807, 2.05) is 12.3 Å². The van der Waals surface area contributed by atoms with E-state index in [-0.39, 0.29) is 6.61 Å². The molecule has 1 N–H and O–H groups in total. The predicted molar refractivity (Wildman–Crippen MR) is 121 cm³/mol. The molecule has 0 bridgehead atoms. The lowest BCUT2D eigenvalue weighted by Crippen LogP contribution is -2.52. The number of benzene rings is 2. The second-order valence-electron chi connectivity index (χ2n) is 8.21. The van der Waals surface area contributed by atoms with E-state index in [1.165, 1.54) is 16.5 Å². The lowest BCUT2D eigenvalue weighted by Gasteiger charge is -2.41. The molecule has 0 saturated carbocycles. The Morgan fingerprint density at radius 2 is 1.90 bits per heavy atom. The molecule has 30 heavy (non-hydrogen) atoms. The predicted octanol–water partition coefficient (Wildman–Crippen LogP) is 3.62. The fourth-order valence-corrected chi connectivity index (χ4v) is 4.49. The molecule has 4 rings (SSSR count). The smallest absolute Gasteiger partial charge is 0.121 e. The molecular formula is C25H31N3O2. The normalized spacial score (nSPS) is 18.0. The summed E-state index contributed by atoms with van der Waals surface area (Å²) in [4.78, 5) is 9.44. The molecule has 1 fully saturated rings. The second-order valence-corrected chi connectivity index (χ2v) is 8.21. The minimum absolute atomic E-state index is 0.221. The van der Waals surface area contributed by atoms with Gasteiger partial charge in [0.25, 0.3) is 0 Å². The van der Waals surface area contributed by atoms with Gasteiger partial charge in [0.05, 0.1) is 12.6 Å². The SMILES string of the molecule is COc1ccc(CN2CCN(Cc3ccc4ncccc4c3)CC2CCO)cc1C. The molecule has 0 aliphatic carbocycles. The molecule has 3 aromatic rings. The van der Waals surface area contributed by atoms with Crippen molar-refractivity contribution in [2.24, 2.45) is 0 Å². The number of aliphatic hydroxyl groups is 1. The van der Waals surface area contributed by atoms with Crippen LogP contribution in [0.3, 0.4) is 0 Å². The first-order valence-electron chi connectivity index (χ1n) is 10.7. The summed E-state index contributed by atoms with van der Waals surface area (Å²) < 4.78 is 5.39. The number of aromatic nitrogens is 1. The summed E-state index contributed by atoms with van der Waals surface area (Å²) in [5.41, 5.74) is 4.82. The summed E-state index contributed by atoms with van der Waals surface area (Å²) >= 11 is 0. The summed E-state index contributed by atoms with van der Waals surface area (Å²) in [5.74, 6) is 0.932. The number of fused-ring (bicyclic) bond motifs is 1. The minimum atomic E-state index is 0.221. The Balaban J connectivity index is 1.42. The van der Waals surface area contributed by atoms with Gasteiger partial charge in [0.1, 0.15) is 5.75 Å². The van der Waals surface area contributed by atoms with Crippen LogP contribution >= 0.6 is 0 Å². The zero-order valence-electron chi connectivity index (χ0n) is 17.9. The Labute approximate surface area is 178 Å². The molecule has 1 atom stereocenters. The Morgan fingerprint density at radius 3 is 2.70 bits per heavy atom. The summed E-state index contributed by atoms with van der Waals surface area (Å²) in [6, 6.07) is 17.4. The topological polar surface area (TPSA) is 48.8 Å². The lowest BCUT2D eigenvalue weighted by molar-refractivity contribution is 0.0500. The van der Waals surface area contributed by atoms with E-state index in [0.717, 1.165) is 56.0 Å². The van der Waals surface area contributed by atoms with Crippen LogP contribution in [-0.4, -0.2) is 59.3 Å². The van der Waals surface area contributed by atoms with Crippen LogP contribution in [0.25, 0.3) is 10.9 Å². The average molecular weight is 406 g/mol. The molecule has 5 heteroatoms. The first-order chi connectivity index (χ1) is 14.7. The van der Waals surface area contributed by atoms with Gasteiger partial charge in [-0.25, -0.2) is 0 Å². The molecule has 2 heterocycles. The highest BCUT2D eigenvalue weighted by Gasteiger charge is 2.26. The first-order valence-corrected chi connectivity index (χ1v) is 10.7. The van der Waals surface area contributed by atoms with Crippen LogP contribution in [0.2, 0.25) is 0 Å². The van der Waals surface area contributed by atoms with Gasteiger partial charge in [-0.05, 0) is 54.3 Å². The van der Waals surface area contributed by atoms with Crippen molar-refractivity contribution in [3.63, 3.8) is 0 Å². The van der Waals surface area contributed by atoms with E-state index >= 15 is 0 Å². The maximum atomic E-state index is 9.64. The van der Waals surface area contributed by atoms with E-state index in [9.17, 15) is 5.11 Å². The van der Waals surface area contributed by atoms with Crippen molar-refractivity contribution < 1.29 is 9.84 Å². The molecule has 1 unspecified atom stereocenters. The fraction of sp³-hybridized carbons (Fsp3) is 0.400. The van der Waals surface area contributed by atoms with Gasteiger partial charge in [-0.2, -0.15) is 0 Å². The van der Waals surface area contributed by atoms with Crippen molar-refractivity contribution in [1.29, 1.82) is 0 Å². The molecule has 2 aromatic carbocycles. The second kappa shape index (κ2) is 9.56. The van der Waals surface area contributed by atoms with Crippen LogP contribution in [0.1, 0.15) is 23.1 Å². The van der Waals surface area contributed by atoms with Crippen LogP contribution < -0.4 is 4.74 Å². The number of ether oxygens (including phenoxy) is 1. The molecule has 1 aliphatic rings. The third-order valence-corrected chi connectivity index (χ3v) is 6.07. The lowest BCUT2D eigenvalue weighted by atomic mass is 10.0. The molecule has 1 saturated heterocycles. The summed E-state index contributed by atoms with van der Waals surface area (Å²) in [5, 5.41) is 10.8.